The van der Waals surface area contributed by atoms with Gasteiger partial charge < -0.3 is 16.3 Å². The first kappa shape index (κ1) is 15.7. The lowest BCUT2D eigenvalue weighted by atomic mass is 10.0. The number of carbonyl (C=O) groups is 1. The third kappa shape index (κ3) is 6.14. The Balaban J connectivity index is 4.13. The van der Waals surface area contributed by atoms with Crippen molar-refractivity contribution in [3.63, 3.8) is 0 Å². The number of hydrogen-bond donors (Lipinski definition) is 3. The zero-order valence-electron chi connectivity index (χ0n) is 11.1. The molecule has 4 N–H and O–H groups in total. The second kappa shape index (κ2) is 8.84. The average Bonchev–Trinajstić information content (AvgIpc) is 2.29. The maximum atomic E-state index is 11.8. The summed E-state index contributed by atoms with van der Waals surface area (Å²) in [5, 5.41) is 14.4. The van der Waals surface area contributed by atoms with E-state index >= 15 is 0 Å². The predicted octanol–water partition coefficient (Wildman–Crippen LogP) is 1.84. The number of unbranched alkanes of at least 4 members (excludes halogenated alkanes) is 2. The molecular weight excluding hydrogens is 218 g/mol. The molecule has 1 amide bonds. The van der Waals surface area contributed by atoms with Crippen LogP contribution in [0, 0.1) is 5.92 Å². The van der Waals surface area contributed by atoms with Gasteiger partial charge in [0, 0.05) is 6.04 Å². The van der Waals surface area contributed by atoms with Gasteiger partial charge in [-0.2, -0.15) is 0 Å². The molecule has 2 unspecified atom stereocenters. The molecule has 0 aromatic rings. The van der Waals surface area contributed by atoms with Crippen LogP contribution in [0.2, 0.25) is 0 Å². The molecule has 0 spiro atoms. The molecule has 5 nitrogen and oxygen atoms in total. The van der Waals surface area contributed by atoms with Gasteiger partial charge in [-0.1, -0.05) is 38.3 Å². The summed E-state index contributed by atoms with van der Waals surface area (Å²) < 4.78 is 0. The molecule has 100 valence electrons. The molecule has 5 heteroatoms. The number of rotatable bonds is 8. The second-order valence-corrected chi connectivity index (χ2v) is 4.39. The van der Waals surface area contributed by atoms with Gasteiger partial charge in [-0.3, -0.25) is 4.79 Å². The molecule has 0 saturated carbocycles. The van der Waals surface area contributed by atoms with E-state index in [9.17, 15) is 4.79 Å². The van der Waals surface area contributed by atoms with Crippen LogP contribution in [0.5, 0.6) is 0 Å². The van der Waals surface area contributed by atoms with Crippen molar-refractivity contribution in [2.45, 2.75) is 58.9 Å². The molecule has 0 bridgehead atoms. The lowest BCUT2D eigenvalue weighted by Gasteiger charge is -2.18. The molecule has 0 aliphatic heterocycles. The van der Waals surface area contributed by atoms with E-state index in [1.807, 2.05) is 13.8 Å². The fourth-order valence-corrected chi connectivity index (χ4v) is 1.71. The molecule has 0 fully saturated rings. The summed E-state index contributed by atoms with van der Waals surface area (Å²) in [5.41, 5.74) is 5.47. The summed E-state index contributed by atoms with van der Waals surface area (Å²) in [6.07, 6.45) is 4.95. The molecule has 0 aliphatic rings. The average molecular weight is 243 g/mol. The molecule has 0 saturated heterocycles. The van der Waals surface area contributed by atoms with Crippen molar-refractivity contribution < 1.29 is 10.0 Å². The molecule has 2 atom stereocenters. The summed E-state index contributed by atoms with van der Waals surface area (Å²) in [5.74, 6) is -0.716. The lowest BCUT2D eigenvalue weighted by molar-refractivity contribution is -0.123. The van der Waals surface area contributed by atoms with Gasteiger partial charge in [-0.15, -0.1) is 0 Å². The number of oxime groups is 1. The van der Waals surface area contributed by atoms with Crippen LogP contribution < -0.4 is 11.1 Å². The normalized spacial score (nSPS) is 15.4. The Hall–Kier alpha value is -1.26. The van der Waals surface area contributed by atoms with E-state index in [1.54, 1.807) is 0 Å². The number of hydrogen-bond acceptors (Lipinski definition) is 3. The predicted molar refractivity (Wildman–Crippen MR) is 68.9 cm³/mol. The number of carbonyl (C=O) groups excluding carboxylic acids is 1. The van der Waals surface area contributed by atoms with Gasteiger partial charge in [-0.25, -0.2) is 0 Å². The van der Waals surface area contributed by atoms with E-state index < -0.39 is 5.92 Å². The van der Waals surface area contributed by atoms with E-state index in [1.165, 1.54) is 12.8 Å². The summed E-state index contributed by atoms with van der Waals surface area (Å²) in [7, 11) is 0. The highest BCUT2D eigenvalue weighted by Gasteiger charge is 2.22. The third-order valence-electron chi connectivity index (χ3n) is 2.83. The summed E-state index contributed by atoms with van der Waals surface area (Å²) >= 11 is 0. The fourth-order valence-electron chi connectivity index (χ4n) is 1.71. The third-order valence-corrected chi connectivity index (χ3v) is 2.83. The number of nitrogens with one attached hydrogen (secondary N) is 1. The highest BCUT2D eigenvalue weighted by atomic mass is 16.4. The Kier molecular flexibility index (Phi) is 8.19. The zero-order valence-corrected chi connectivity index (χ0v) is 11.1. The van der Waals surface area contributed by atoms with Gasteiger partial charge in [0.25, 0.3) is 0 Å². The highest BCUT2D eigenvalue weighted by molar-refractivity contribution is 6.02. The van der Waals surface area contributed by atoms with Crippen molar-refractivity contribution in [1.29, 1.82) is 0 Å². The molecule has 0 aliphatic carbocycles. The fraction of sp³-hybridized carbons (Fsp3) is 0.833. The highest BCUT2D eigenvalue weighted by Crippen LogP contribution is 2.07. The van der Waals surface area contributed by atoms with Crippen molar-refractivity contribution in [2.24, 2.45) is 16.8 Å². The second-order valence-electron chi connectivity index (χ2n) is 4.39. The SMILES string of the molecule is CCCCCC(C)NC(=O)C(CC)C(N)=NO. The molecule has 0 heterocycles. The molecule has 0 radical (unpaired) electrons. The van der Waals surface area contributed by atoms with Gasteiger partial charge >= 0.3 is 0 Å². The van der Waals surface area contributed by atoms with Crippen molar-refractivity contribution in [3.05, 3.63) is 0 Å². The first-order chi connectivity index (χ1) is 8.06. The molecule has 0 aromatic heterocycles. The van der Waals surface area contributed by atoms with E-state index in [2.05, 4.69) is 17.4 Å². The summed E-state index contributed by atoms with van der Waals surface area (Å²) in [6.45, 7) is 5.96. The van der Waals surface area contributed by atoms with Crippen molar-refractivity contribution in [3.8, 4) is 0 Å². The smallest absolute Gasteiger partial charge is 0.231 e. The van der Waals surface area contributed by atoms with Gasteiger partial charge in [0.15, 0.2) is 5.84 Å². The quantitative estimate of drug-likeness (QED) is 0.200. The van der Waals surface area contributed by atoms with Crippen LogP contribution in [0.1, 0.15) is 52.9 Å². The number of nitrogens with zero attached hydrogens (tertiary/aromatic N) is 1. The van der Waals surface area contributed by atoms with Crippen molar-refractivity contribution in [2.75, 3.05) is 0 Å². The van der Waals surface area contributed by atoms with Gasteiger partial charge in [0.2, 0.25) is 5.91 Å². The standard InChI is InChI=1S/C12H25N3O2/c1-4-6-7-8-9(3)14-12(16)10(5-2)11(13)15-17/h9-10,17H,4-8H2,1-3H3,(H2,13,15)(H,14,16). The minimum Gasteiger partial charge on any atom is -0.409 e. The first-order valence-corrected chi connectivity index (χ1v) is 6.34. The summed E-state index contributed by atoms with van der Waals surface area (Å²) in [4.78, 5) is 11.8. The lowest BCUT2D eigenvalue weighted by Crippen LogP contribution is -2.42. The van der Waals surface area contributed by atoms with E-state index in [0.717, 1.165) is 12.8 Å². The maximum Gasteiger partial charge on any atom is 0.231 e. The van der Waals surface area contributed by atoms with E-state index in [4.69, 9.17) is 10.9 Å². The first-order valence-electron chi connectivity index (χ1n) is 6.34. The molecule has 17 heavy (non-hydrogen) atoms. The van der Waals surface area contributed by atoms with Crippen LogP contribution in [0.25, 0.3) is 0 Å². The number of amides is 1. The van der Waals surface area contributed by atoms with Crippen LogP contribution in [-0.4, -0.2) is 23.0 Å². The van der Waals surface area contributed by atoms with E-state index in [-0.39, 0.29) is 17.8 Å². The Labute approximate surface area is 103 Å². The van der Waals surface area contributed by atoms with Gasteiger partial charge in [-0.05, 0) is 19.8 Å². The van der Waals surface area contributed by atoms with Crippen LogP contribution >= 0.6 is 0 Å². The number of amidine groups is 1. The maximum absolute atomic E-state index is 11.8. The number of nitrogens with two attached hydrogens (primary N) is 1. The Morgan fingerprint density at radius 3 is 2.53 bits per heavy atom. The Bertz CT molecular complexity index is 254. The zero-order chi connectivity index (χ0) is 13.3. The topological polar surface area (TPSA) is 87.7 Å². The molecule has 0 rings (SSSR count). The Morgan fingerprint density at radius 2 is 2.06 bits per heavy atom. The van der Waals surface area contributed by atoms with Crippen molar-refractivity contribution in [1.82, 2.24) is 5.32 Å². The van der Waals surface area contributed by atoms with Crippen LogP contribution in [0.4, 0.5) is 0 Å². The van der Waals surface area contributed by atoms with Crippen LogP contribution in [0.15, 0.2) is 5.16 Å². The molecular formula is C12H25N3O2. The minimum atomic E-state index is -0.534. The Morgan fingerprint density at radius 1 is 1.41 bits per heavy atom. The van der Waals surface area contributed by atoms with Gasteiger partial charge in [0.05, 0.1) is 5.92 Å². The van der Waals surface area contributed by atoms with Crippen LogP contribution in [0.3, 0.4) is 0 Å². The largest absolute Gasteiger partial charge is 0.409 e. The summed E-state index contributed by atoms with van der Waals surface area (Å²) in [6, 6.07) is 0.134. The van der Waals surface area contributed by atoms with Crippen molar-refractivity contribution >= 4 is 11.7 Å². The van der Waals surface area contributed by atoms with E-state index in [0.29, 0.717) is 6.42 Å². The minimum absolute atomic E-state index is 0.0224. The monoisotopic (exact) mass is 243 g/mol. The molecule has 0 aromatic carbocycles. The van der Waals surface area contributed by atoms with Crippen LogP contribution in [-0.2, 0) is 4.79 Å². The van der Waals surface area contributed by atoms with Gasteiger partial charge in [0.1, 0.15) is 0 Å².